The summed E-state index contributed by atoms with van der Waals surface area (Å²) in [4.78, 5) is 24.9. The van der Waals surface area contributed by atoms with Gasteiger partial charge in [0.25, 0.3) is 0 Å². The number of unbranched alkanes of at least 4 members (excludes halogenated alkanes) is 7. The van der Waals surface area contributed by atoms with Crippen LogP contribution in [0, 0.1) is 11.8 Å². The maximum atomic E-state index is 12.5. The summed E-state index contributed by atoms with van der Waals surface area (Å²) in [5.41, 5.74) is 1.12. The standard InChI is InChI=1S/C30H50O4/c1-6-7-8-9-10-11-18-26-21-22-27(33-29(31)19-14-12-16-24(2)3)28(23-26)34-30(32)20-15-13-17-25(4)5/h21-25H,6-20H2,1-5H3. The van der Waals surface area contributed by atoms with Crippen molar-refractivity contribution < 1.29 is 19.1 Å². The van der Waals surface area contributed by atoms with E-state index in [9.17, 15) is 9.59 Å². The van der Waals surface area contributed by atoms with Crippen molar-refractivity contribution >= 4 is 11.9 Å². The van der Waals surface area contributed by atoms with Crippen molar-refractivity contribution in [2.75, 3.05) is 0 Å². The Balaban J connectivity index is 2.69. The summed E-state index contributed by atoms with van der Waals surface area (Å²) in [6.45, 7) is 11.0. The van der Waals surface area contributed by atoms with Crippen molar-refractivity contribution in [3.8, 4) is 11.5 Å². The summed E-state index contributed by atoms with van der Waals surface area (Å²) in [6.07, 6.45) is 15.0. The number of carbonyl (C=O) groups is 2. The van der Waals surface area contributed by atoms with Gasteiger partial charge in [0, 0.05) is 12.8 Å². The van der Waals surface area contributed by atoms with Gasteiger partial charge in [-0.2, -0.15) is 0 Å². The Bertz CT molecular complexity index is 693. The lowest BCUT2D eigenvalue weighted by atomic mass is 10.0. The minimum Gasteiger partial charge on any atom is -0.423 e. The Labute approximate surface area is 209 Å². The highest BCUT2D eigenvalue weighted by Crippen LogP contribution is 2.30. The van der Waals surface area contributed by atoms with Crippen LogP contribution in [0.25, 0.3) is 0 Å². The summed E-state index contributed by atoms with van der Waals surface area (Å²) >= 11 is 0. The molecule has 0 fully saturated rings. The molecule has 34 heavy (non-hydrogen) atoms. The van der Waals surface area contributed by atoms with Crippen LogP contribution in [0.3, 0.4) is 0 Å². The molecular formula is C30H50O4. The Morgan fingerprint density at radius 2 is 1.21 bits per heavy atom. The summed E-state index contributed by atoms with van der Waals surface area (Å²) in [6, 6.07) is 5.67. The van der Waals surface area contributed by atoms with E-state index < -0.39 is 0 Å². The lowest BCUT2D eigenvalue weighted by Gasteiger charge is -2.13. The first-order valence-electron chi connectivity index (χ1n) is 13.9. The van der Waals surface area contributed by atoms with Crippen LogP contribution in [0.2, 0.25) is 0 Å². The molecule has 0 aliphatic rings. The first-order valence-corrected chi connectivity index (χ1v) is 13.9. The maximum absolute atomic E-state index is 12.5. The zero-order chi connectivity index (χ0) is 25.2. The zero-order valence-electron chi connectivity index (χ0n) is 22.6. The highest BCUT2D eigenvalue weighted by molar-refractivity contribution is 5.76. The Hall–Kier alpha value is -1.84. The van der Waals surface area contributed by atoms with Crippen LogP contribution in [0.4, 0.5) is 0 Å². The van der Waals surface area contributed by atoms with E-state index >= 15 is 0 Å². The van der Waals surface area contributed by atoms with Crippen LogP contribution in [-0.2, 0) is 16.0 Å². The summed E-state index contributed by atoms with van der Waals surface area (Å²) in [5, 5.41) is 0. The lowest BCUT2D eigenvalue weighted by molar-refractivity contribution is -0.137. The van der Waals surface area contributed by atoms with Crippen LogP contribution in [-0.4, -0.2) is 11.9 Å². The number of ether oxygens (including phenoxy) is 2. The molecule has 194 valence electrons. The molecule has 0 spiro atoms. The molecule has 0 aliphatic carbocycles. The lowest BCUT2D eigenvalue weighted by Crippen LogP contribution is -2.12. The van der Waals surface area contributed by atoms with E-state index in [0.717, 1.165) is 56.9 Å². The SMILES string of the molecule is CCCCCCCCc1ccc(OC(=O)CCCCC(C)C)c(OC(=O)CCCCC(C)C)c1. The van der Waals surface area contributed by atoms with Gasteiger partial charge in [-0.3, -0.25) is 9.59 Å². The van der Waals surface area contributed by atoms with Crippen molar-refractivity contribution in [3.63, 3.8) is 0 Å². The van der Waals surface area contributed by atoms with Crippen molar-refractivity contribution in [1.82, 2.24) is 0 Å². The van der Waals surface area contributed by atoms with Crippen LogP contribution >= 0.6 is 0 Å². The number of aryl methyl sites for hydroxylation is 1. The quantitative estimate of drug-likeness (QED) is 0.114. The van der Waals surface area contributed by atoms with E-state index in [1.54, 1.807) is 6.07 Å². The predicted molar refractivity (Wildman–Crippen MR) is 141 cm³/mol. The second-order valence-corrected chi connectivity index (χ2v) is 10.5. The van der Waals surface area contributed by atoms with Crippen LogP contribution in [0.1, 0.15) is 130 Å². The van der Waals surface area contributed by atoms with E-state index in [0.29, 0.717) is 36.2 Å². The highest BCUT2D eigenvalue weighted by atomic mass is 16.6. The average molecular weight is 475 g/mol. The van der Waals surface area contributed by atoms with Gasteiger partial charge >= 0.3 is 11.9 Å². The second-order valence-electron chi connectivity index (χ2n) is 10.5. The zero-order valence-corrected chi connectivity index (χ0v) is 22.6. The second kappa shape index (κ2) is 18.5. The fraction of sp³-hybridized carbons (Fsp3) is 0.733. The van der Waals surface area contributed by atoms with Gasteiger partial charge in [-0.25, -0.2) is 0 Å². The van der Waals surface area contributed by atoms with E-state index in [1.165, 1.54) is 32.1 Å². The van der Waals surface area contributed by atoms with Gasteiger partial charge in [0.2, 0.25) is 0 Å². The van der Waals surface area contributed by atoms with E-state index in [-0.39, 0.29) is 11.9 Å². The molecule has 0 unspecified atom stereocenters. The average Bonchev–Trinajstić information content (AvgIpc) is 2.78. The third kappa shape index (κ3) is 15.1. The van der Waals surface area contributed by atoms with E-state index in [4.69, 9.17) is 9.47 Å². The molecule has 0 heterocycles. The summed E-state index contributed by atoms with van der Waals surface area (Å²) in [7, 11) is 0. The Morgan fingerprint density at radius 3 is 1.76 bits per heavy atom. The third-order valence-electron chi connectivity index (χ3n) is 6.10. The van der Waals surface area contributed by atoms with Gasteiger partial charge in [0.05, 0.1) is 0 Å². The van der Waals surface area contributed by atoms with Gasteiger partial charge < -0.3 is 9.47 Å². The number of esters is 2. The fourth-order valence-electron chi connectivity index (χ4n) is 3.97. The minimum atomic E-state index is -0.262. The fourth-order valence-corrected chi connectivity index (χ4v) is 3.97. The third-order valence-corrected chi connectivity index (χ3v) is 6.10. The monoisotopic (exact) mass is 474 g/mol. The first kappa shape index (κ1) is 30.2. The molecule has 1 rings (SSSR count). The summed E-state index contributed by atoms with van der Waals surface area (Å²) < 4.78 is 11.3. The molecule has 1 aromatic rings. The predicted octanol–water partition coefficient (Wildman–Crippen LogP) is 8.83. The maximum Gasteiger partial charge on any atom is 0.311 e. The molecule has 0 N–H and O–H groups in total. The van der Waals surface area contributed by atoms with Crippen LogP contribution in [0.5, 0.6) is 11.5 Å². The molecule has 0 atom stereocenters. The largest absolute Gasteiger partial charge is 0.423 e. The minimum absolute atomic E-state index is 0.255. The Kier molecular flexibility index (Phi) is 16.4. The molecule has 0 aromatic heterocycles. The molecule has 4 heteroatoms. The molecule has 0 saturated carbocycles. The van der Waals surface area contributed by atoms with Crippen molar-refractivity contribution in [3.05, 3.63) is 23.8 Å². The molecule has 0 bridgehead atoms. The number of hydrogen-bond acceptors (Lipinski definition) is 4. The van der Waals surface area contributed by atoms with Gasteiger partial charge in [-0.05, 0) is 55.2 Å². The van der Waals surface area contributed by atoms with Gasteiger partial charge in [0.15, 0.2) is 11.5 Å². The molecule has 0 amide bonds. The Morgan fingerprint density at radius 1 is 0.676 bits per heavy atom. The number of hydrogen-bond donors (Lipinski definition) is 0. The number of rotatable bonds is 19. The van der Waals surface area contributed by atoms with Crippen LogP contribution < -0.4 is 9.47 Å². The number of benzene rings is 1. The topological polar surface area (TPSA) is 52.6 Å². The first-order chi connectivity index (χ1) is 16.3. The van der Waals surface area contributed by atoms with E-state index in [2.05, 4.69) is 34.6 Å². The summed E-state index contributed by atoms with van der Waals surface area (Å²) in [5.74, 6) is 1.50. The van der Waals surface area contributed by atoms with Crippen molar-refractivity contribution in [2.45, 2.75) is 131 Å². The van der Waals surface area contributed by atoms with E-state index in [1.807, 2.05) is 12.1 Å². The van der Waals surface area contributed by atoms with Gasteiger partial charge in [-0.1, -0.05) is 98.5 Å². The highest BCUT2D eigenvalue weighted by Gasteiger charge is 2.15. The van der Waals surface area contributed by atoms with Gasteiger partial charge in [0.1, 0.15) is 0 Å². The normalized spacial score (nSPS) is 11.3. The molecule has 0 aliphatic heterocycles. The van der Waals surface area contributed by atoms with Gasteiger partial charge in [-0.15, -0.1) is 0 Å². The number of carbonyl (C=O) groups excluding carboxylic acids is 2. The van der Waals surface area contributed by atoms with Crippen molar-refractivity contribution in [1.29, 1.82) is 0 Å². The smallest absolute Gasteiger partial charge is 0.311 e. The molecule has 0 saturated heterocycles. The van der Waals surface area contributed by atoms with Crippen LogP contribution in [0.15, 0.2) is 18.2 Å². The molecular weight excluding hydrogens is 424 g/mol. The molecule has 0 radical (unpaired) electrons. The van der Waals surface area contributed by atoms with Crippen molar-refractivity contribution in [2.24, 2.45) is 11.8 Å². The molecule has 4 nitrogen and oxygen atoms in total. The molecule has 1 aromatic carbocycles.